The van der Waals surface area contributed by atoms with Gasteiger partial charge in [-0.2, -0.15) is 0 Å². The number of carbonyl (C=O) groups excluding carboxylic acids is 1. The van der Waals surface area contributed by atoms with E-state index in [2.05, 4.69) is 11.4 Å². The van der Waals surface area contributed by atoms with Crippen molar-refractivity contribution in [2.24, 2.45) is 0 Å². The van der Waals surface area contributed by atoms with Crippen molar-refractivity contribution in [2.45, 2.75) is 32.7 Å². The summed E-state index contributed by atoms with van der Waals surface area (Å²) in [5.74, 6) is 0.423. The molecule has 1 heterocycles. The van der Waals surface area contributed by atoms with Gasteiger partial charge in [0.1, 0.15) is 5.75 Å². The molecule has 27 heavy (non-hydrogen) atoms. The molecule has 6 nitrogen and oxygen atoms in total. The fourth-order valence-corrected chi connectivity index (χ4v) is 3.15. The lowest BCUT2D eigenvalue weighted by Crippen LogP contribution is -2.26. The van der Waals surface area contributed by atoms with E-state index in [0.29, 0.717) is 37.9 Å². The van der Waals surface area contributed by atoms with Gasteiger partial charge in [-0.25, -0.2) is 4.79 Å². The Labute approximate surface area is 157 Å². The van der Waals surface area contributed by atoms with E-state index in [4.69, 9.17) is 9.15 Å². The Morgan fingerprint density at radius 2 is 2.04 bits per heavy atom. The van der Waals surface area contributed by atoms with Gasteiger partial charge in [0, 0.05) is 19.5 Å². The van der Waals surface area contributed by atoms with Crippen LogP contribution in [0.3, 0.4) is 0 Å². The fourth-order valence-electron chi connectivity index (χ4n) is 3.15. The standard InChI is InChI=1S/C21H24N2O4/c1-15-9-10-18(26-2)16(14-15)11-12-22-20(24)8-5-13-23-17-6-3-4-7-19(17)27-21(23)25/h3-4,6-7,9-10,14H,5,8,11-13H2,1-2H3,(H,22,24). The second-order valence-corrected chi connectivity index (χ2v) is 6.51. The molecule has 6 heteroatoms. The molecule has 2 aromatic carbocycles. The Morgan fingerprint density at radius 3 is 2.85 bits per heavy atom. The summed E-state index contributed by atoms with van der Waals surface area (Å²) in [5, 5.41) is 2.93. The number of fused-ring (bicyclic) bond motifs is 1. The molecule has 0 aliphatic heterocycles. The van der Waals surface area contributed by atoms with E-state index >= 15 is 0 Å². The van der Waals surface area contributed by atoms with Gasteiger partial charge in [-0.05, 0) is 43.5 Å². The average molecular weight is 368 g/mol. The van der Waals surface area contributed by atoms with Crippen LogP contribution in [-0.2, 0) is 17.8 Å². The second-order valence-electron chi connectivity index (χ2n) is 6.51. The molecule has 1 N–H and O–H groups in total. The molecule has 0 radical (unpaired) electrons. The fraction of sp³-hybridized carbons (Fsp3) is 0.333. The monoisotopic (exact) mass is 368 g/mol. The smallest absolute Gasteiger partial charge is 0.419 e. The highest BCUT2D eigenvalue weighted by molar-refractivity contribution is 5.76. The number of methoxy groups -OCH3 is 1. The van der Waals surface area contributed by atoms with E-state index in [9.17, 15) is 9.59 Å². The number of oxazole rings is 1. The molecule has 1 aromatic heterocycles. The van der Waals surface area contributed by atoms with Crippen LogP contribution in [0.25, 0.3) is 11.1 Å². The largest absolute Gasteiger partial charge is 0.496 e. The second kappa shape index (κ2) is 8.58. The molecule has 0 aliphatic carbocycles. The Morgan fingerprint density at radius 1 is 1.22 bits per heavy atom. The maximum absolute atomic E-state index is 12.1. The number of carbonyl (C=O) groups is 1. The van der Waals surface area contributed by atoms with Gasteiger partial charge >= 0.3 is 5.76 Å². The lowest BCUT2D eigenvalue weighted by Gasteiger charge is -2.10. The zero-order chi connectivity index (χ0) is 19.2. The molecular weight excluding hydrogens is 344 g/mol. The Kier molecular flexibility index (Phi) is 5.96. The van der Waals surface area contributed by atoms with Gasteiger partial charge in [0.2, 0.25) is 5.91 Å². The number of nitrogens with zero attached hydrogens (tertiary/aromatic N) is 1. The number of benzene rings is 2. The molecule has 0 saturated carbocycles. The number of amides is 1. The highest BCUT2D eigenvalue weighted by atomic mass is 16.5. The minimum atomic E-state index is -0.386. The molecule has 1 amide bonds. The van der Waals surface area contributed by atoms with E-state index in [1.54, 1.807) is 17.7 Å². The summed E-state index contributed by atoms with van der Waals surface area (Å²) < 4.78 is 12.1. The average Bonchev–Trinajstić information content (AvgIpc) is 2.97. The van der Waals surface area contributed by atoms with Gasteiger partial charge in [-0.15, -0.1) is 0 Å². The SMILES string of the molecule is COc1ccc(C)cc1CCNC(=O)CCCn1c(=O)oc2ccccc21. The minimum absolute atomic E-state index is 0.0255. The van der Waals surface area contributed by atoms with Crippen molar-refractivity contribution in [3.05, 3.63) is 64.1 Å². The van der Waals surface area contributed by atoms with Crippen LogP contribution in [0.4, 0.5) is 0 Å². The summed E-state index contributed by atoms with van der Waals surface area (Å²) in [5.41, 5.74) is 3.57. The van der Waals surface area contributed by atoms with Crippen molar-refractivity contribution < 1.29 is 13.9 Å². The van der Waals surface area contributed by atoms with Crippen molar-refractivity contribution in [1.82, 2.24) is 9.88 Å². The maximum atomic E-state index is 12.1. The molecule has 0 aliphatic rings. The number of aryl methyl sites for hydroxylation is 2. The van der Waals surface area contributed by atoms with Crippen molar-refractivity contribution in [2.75, 3.05) is 13.7 Å². The molecule has 142 valence electrons. The zero-order valence-corrected chi connectivity index (χ0v) is 15.7. The molecule has 0 spiro atoms. The van der Waals surface area contributed by atoms with Crippen LogP contribution in [0.1, 0.15) is 24.0 Å². The number of nitrogens with one attached hydrogen (secondary N) is 1. The van der Waals surface area contributed by atoms with Crippen molar-refractivity contribution >= 4 is 17.0 Å². The van der Waals surface area contributed by atoms with Crippen LogP contribution < -0.4 is 15.8 Å². The van der Waals surface area contributed by atoms with E-state index in [0.717, 1.165) is 22.4 Å². The highest BCUT2D eigenvalue weighted by Gasteiger charge is 2.09. The van der Waals surface area contributed by atoms with E-state index in [1.807, 2.05) is 37.3 Å². The van der Waals surface area contributed by atoms with Crippen molar-refractivity contribution in [1.29, 1.82) is 0 Å². The van der Waals surface area contributed by atoms with Crippen LogP contribution >= 0.6 is 0 Å². The normalized spacial score (nSPS) is 10.9. The molecule has 0 unspecified atom stereocenters. The zero-order valence-electron chi connectivity index (χ0n) is 15.7. The number of hydrogen-bond acceptors (Lipinski definition) is 4. The summed E-state index contributed by atoms with van der Waals surface area (Å²) in [6.07, 6.45) is 1.64. The molecular formula is C21H24N2O4. The first-order valence-corrected chi connectivity index (χ1v) is 9.07. The Bertz CT molecular complexity index is 987. The Balaban J connectivity index is 1.47. The third kappa shape index (κ3) is 4.58. The van der Waals surface area contributed by atoms with Gasteiger partial charge in [0.05, 0.1) is 12.6 Å². The van der Waals surface area contributed by atoms with E-state index in [-0.39, 0.29) is 11.7 Å². The minimum Gasteiger partial charge on any atom is -0.496 e. The third-order valence-electron chi connectivity index (χ3n) is 4.51. The topological polar surface area (TPSA) is 73.5 Å². The first kappa shape index (κ1) is 18.8. The molecule has 0 saturated heterocycles. The number of hydrogen-bond donors (Lipinski definition) is 1. The van der Waals surface area contributed by atoms with Gasteiger partial charge in [0.25, 0.3) is 0 Å². The first-order chi connectivity index (χ1) is 13.1. The summed E-state index contributed by atoms with van der Waals surface area (Å²) >= 11 is 0. The predicted octanol–water partition coefficient (Wildman–Crippen LogP) is 3.05. The number of aromatic nitrogens is 1. The van der Waals surface area contributed by atoms with Gasteiger partial charge in [-0.1, -0.05) is 29.8 Å². The van der Waals surface area contributed by atoms with Crippen LogP contribution in [-0.4, -0.2) is 24.1 Å². The predicted molar refractivity (Wildman–Crippen MR) is 104 cm³/mol. The van der Waals surface area contributed by atoms with Crippen LogP contribution in [0, 0.1) is 6.92 Å². The van der Waals surface area contributed by atoms with Crippen molar-refractivity contribution in [3.63, 3.8) is 0 Å². The van der Waals surface area contributed by atoms with Gasteiger partial charge in [0.15, 0.2) is 5.58 Å². The number of para-hydroxylation sites is 2. The number of rotatable bonds is 8. The Hall–Kier alpha value is -3.02. The van der Waals surface area contributed by atoms with Crippen LogP contribution in [0.15, 0.2) is 51.7 Å². The van der Waals surface area contributed by atoms with Gasteiger partial charge < -0.3 is 14.5 Å². The van der Waals surface area contributed by atoms with Gasteiger partial charge in [-0.3, -0.25) is 9.36 Å². The summed E-state index contributed by atoms with van der Waals surface area (Å²) in [6.45, 7) is 3.03. The first-order valence-electron chi connectivity index (χ1n) is 9.07. The number of ether oxygens (including phenoxy) is 1. The van der Waals surface area contributed by atoms with Crippen LogP contribution in [0.5, 0.6) is 5.75 Å². The molecule has 0 bridgehead atoms. The summed E-state index contributed by atoms with van der Waals surface area (Å²) in [7, 11) is 1.65. The highest BCUT2D eigenvalue weighted by Crippen LogP contribution is 2.19. The summed E-state index contributed by atoms with van der Waals surface area (Å²) in [6, 6.07) is 13.3. The van der Waals surface area contributed by atoms with Crippen LogP contribution in [0.2, 0.25) is 0 Å². The van der Waals surface area contributed by atoms with Crippen molar-refractivity contribution in [3.8, 4) is 5.75 Å². The lowest BCUT2D eigenvalue weighted by atomic mass is 10.1. The molecule has 3 rings (SSSR count). The third-order valence-corrected chi connectivity index (χ3v) is 4.51. The van der Waals surface area contributed by atoms with E-state index in [1.165, 1.54) is 0 Å². The summed E-state index contributed by atoms with van der Waals surface area (Å²) in [4.78, 5) is 24.0. The molecule has 3 aromatic rings. The lowest BCUT2D eigenvalue weighted by molar-refractivity contribution is -0.121. The quantitative estimate of drug-likeness (QED) is 0.663. The molecule has 0 fully saturated rings. The van der Waals surface area contributed by atoms with E-state index < -0.39 is 0 Å². The maximum Gasteiger partial charge on any atom is 0.419 e. The molecule has 0 atom stereocenters.